The number of rotatable bonds is 9. The molecule has 0 spiro atoms. The van der Waals surface area contributed by atoms with E-state index in [-0.39, 0.29) is 16.6 Å². The molecule has 30 heavy (non-hydrogen) atoms. The maximum Gasteiger partial charge on any atom is 0.243 e. The number of carbonyl (C=O) groups is 1. The Morgan fingerprint density at radius 3 is 2.40 bits per heavy atom. The smallest absolute Gasteiger partial charge is 0.243 e. The molecule has 1 saturated heterocycles. The van der Waals surface area contributed by atoms with E-state index in [0.717, 1.165) is 24.2 Å². The van der Waals surface area contributed by atoms with Crippen molar-refractivity contribution in [1.82, 2.24) is 4.31 Å². The predicted octanol–water partition coefficient (Wildman–Crippen LogP) is 3.36. The molecular weight excluding hydrogens is 424 g/mol. The Bertz CT molecular complexity index is 971. The fourth-order valence-corrected chi connectivity index (χ4v) is 5.52. The second kappa shape index (κ2) is 10.2. The summed E-state index contributed by atoms with van der Waals surface area (Å²) in [5.41, 5.74) is 1.44. The molecule has 1 N–H and O–H groups in total. The monoisotopic (exact) mass is 450 g/mol. The summed E-state index contributed by atoms with van der Waals surface area (Å²) in [6.45, 7) is 1.05. The van der Waals surface area contributed by atoms with Gasteiger partial charge in [-0.05, 0) is 48.7 Å². The fourth-order valence-electron chi connectivity index (χ4n) is 3.19. The van der Waals surface area contributed by atoms with E-state index in [9.17, 15) is 13.2 Å². The van der Waals surface area contributed by atoms with Crippen molar-refractivity contribution in [2.45, 2.75) is 23.5 Å². The SMILES string of the molecule is COc1ccc(CSCC(=O)Nc2cc(S(=O)(=O)N3CCCC3)ccc2OC)cc1. The molecule has 2 aromatic rings. The summed E-state index contributed by atoms with van der Waals surface area (Å²) >= 11 is 1.47. The number of nitrogens with zero attached hydrogens (tertiary/aromatic N) is 1. The number of hydrogen-bond donors (Lipinski definition) is 1. The molecule has 1 heterocycles. The molecular formula is C21H26N2O5S2. The number of nitrogens with one attached hydrogen (secondary N) is 1. The van der Waals surface area contributed by atoms with Crippen LogP contribution in [0.3, 0.4) is 0 Å². The van der Waals surface area contributed by atoms with Gasteiger partial charge in [0.05, 0.1) is 30.6 Å². The van der Waals surface area contributed by atoms with Crippen LogP contribution in [0.5, 0.6) is 11.5 Å². The van der Waals surface area contributed by atoms with Crippen molar-refractivity contribution < 1.29 is 22.7 Å². The van der Waals surface area contributed by atoms with Crippen LogP contribution in [0, 0.1) is 0 Å². The molecule has 3 rings (SSSR count). The van der Waals surface area contributed by atoms with Crippen molar-refractivity contribution in [1.29, 1.82) is 0 Å². The third-order valence-electron chi connectivity index (χ3n) is 4.81. The Balaban J connectivity index is 1.63. The fraction of sp³-hybridized carbons (Fsp3) is 0.381. The summed E-state index contributed by atoms with van der Waals surface area (Å²) < 4.78 is 37.5. The van der Waals surface area contributed by atoms with E-state index in [1.54, 1.807) is 13.2 Å². The van der Waals surface area contributed by atoms with Gasteiger partial charge < -0.3 is 14.8 Å². The van der Waals surface area contributed by atoms with E-state index in [2.05, 4.69) is 5.32 Å². The van der Waals surface area contributed by atoms with Crippen molar-refractivity contribution in [3.63, 3.8) is 0 Å². The number of amides is 1. The molecule has 162 valence electrons. The highest BCUT2D eigenvalue weighted by Gasteiger charge is 2.28. The summed E-state index contributed by atoms with van der Waals surface area (Å²) in [4.78, 5) is 12.6. The molecule has 0 bridgehead atoms. The zero-order chi connectivity index (χ0) is 21.6. The molecule has 0 saturated carbocycles. The maximum absolute atomic E-state index is 12.8. The zero-order valence-corrected chi connectivity index (χ0v) is 18.7. The Kier molecular flexibility index (Phi) is 7.63. The van der Waals surface area contributed by atoms with Crippen LogP contribution in [-0.2, 0) is 20.6 Å². The summed E-state index contributed by atoms with van der Waals surface area (Å²) in [5.74, 6) is 1.90. The van der Waals surface area contributed by atoms with E-state index in [0.29, 0.717) is 30.3 Å². The molecule has 0 unspecified atom stereocenters. The first-order valence-electron chi connectivity index (χ1n) is 9.63. The lowest BCUT2D eigenvalue weighted by atomic mass is 10.2. The number of thioether (sulfide) groups is 1. The van der Waals surface area contributed by atoms with Gasteiger partial charge >= 0.3 is 0 Å². The van der Waals surface area contributed by atoms with E-state index < -0.39 is 10.0 Å². The van der Waals surface area contributed by atoms with Gasteiger partial charge in [0, 0.05) is 18.8 Å². The molecule has 0 atom stereocenters. The predicted molar refractivity (Wildman–Crippen MR) is 119 cm³/mol. The minimum atomic E-state index is -3.57. The molecule has 1 amide bonds. The van der Waals surface area contributed by atoms with E-state index >= 15 is 0 Å². The van der Waals surface area contributed by atoms with Crippen molar-refractivity contribution in [2.75, 3.05) is 38.4 Å². The lowest BCUT2D eigenvalue weighted by Crippen LogP contribution is -2.28. The molecule has 7 nitrogen and oxygen atoms in total. The third kappa shape index (κ3) is 5.47. The Morgan fingerprint density at radius 1 is 1.07 bits per heavy atom. The van der Waals surface area contributed by atoms with Gasteiger partial charge in [-0.3, -0.25) is 4.79 Å². The van der Waals surface area contributed by atoms with Gasteiger partial charge in [0.25, 0.3) is 0 Å². The highest BCUT2D eigenvalue weighted by atomic mass is 32.2. The highest BCUT2D eigenvalue weighted by molar-refractivity contribution is 7.99. The van der Waals surface area contributed by atoms with Crippen LogP contribution < -0.4 is 14.8 Å². The van der Waals surface area contributed by atoms with Crippen molar-refractivity contribution >= 4 is 33.4 Å². The molecule has 0 aromatic heterocycles. The Hall–Kier alpha value is -2.23. The van der Waals surface area contributed by atoms with E-state index in [1.807, 2.05) is 24.3 Å². The van der Waals surface area contributed by atoms with Gasteiger partial charge in [-0.1, -0.05) is 12.1 Å². The first kappa shape index (κ1) is 22.5. The third-order valence-corrected chi connectivity index (χ3v) is 7.71. The Labute approximate surface area is 181 Å². The minimum Gasteiger partial charge on any atom is -0.497 e. The molecule has 1 aliphatic heterocycles. The van der Waals surface area contributed by atoms with Gasteiger partial charge in [-0.25, -0.2) is 8.42 Å². The summed E-state index contributed by atoms with van der Waals surface area (Å²) in [6, 6.07) is 12.2. The number of hydrogen-bond acceptors (Lipinski definition) is 6. The normalized spacial score (nSPS) is 14.5. The minimum absolute atomic E-state index is 0.159. The van der Waals surface area contributed by atoms with Crippen LogP contribution in [0.15, 0.2) is 47.4 Å². The number of methoxy groups -OCH3 is 2. The van der Waals surface area contributed by atoms with Gasteiger partial charge in [0.2, 0.25) is 15.9 Å². The Morgan fingerprint density at radius 2 is 1.77 bits per heavy atom. The molecule has 0 radical (unpaired) electrons. The topological polar surface area (TPSA) is 84.9 Å². The molecule has 0 aliphatic carbocycles. The van der Waals surface area contributed by atoms with Gasteiger partial charge in [0.1, 0.15) is 11.5 Å². The van der Waals surface area contributed by atoms with Crippen molar-refractivity contribution in [3.05, 3.63) is 48.0 Å². The lowest BCUT2D eigenvalue weighted by molar-refractivity contribution is -0.113. The van der Waals surface area contributed by atoms with Crippen molar-refractivity contribution in [3.8, 4) is 11.5 Å². The average molecular weight is 451 g/mol. The van der Waals surface area contributed by atoms with Gasteiger partial charge in [0.15, 0.2) is 0 Å². The highest BCUT2D eigenvalue weighted by Crippen LogP contribution is 2.30. The van der Waals surface area contributed by atoms with E-state index in [1.165, 1.54) is 35.3 Å². The molecule has 2 aromatic carbocycles. The van der Waals surface area contributed by atoms with Gasteiger partial charge in [-0.15, -0.1) is 11.8 Å². The lowest BCUT2D eigenvalue weighted by Gasteiger charge is -2.17. The maximum atomic E-state index is 12.8. The average Bonchev–Trinajstić information content (AvgIpc) is 3.30. The van der Waals surface area contributed by atoms with Crippen molar-refractivity contribution in [2.24, 2.45) is 0 Å². The summed E-state index contributed by atoms with van der Waals surface area (Å²) in [6.07, 6.45) is 1.73. The molecule has 1 fully saturated rings. The number of anilines is 1. The van der Waals surface area contributed by atoms with Crippen LogP contribution in [0.4, 0.5) is 5.69 Å². The number of carbonyl (C=O) groups excluding carboxylic acids is 1. The summed E-state index contributed by atoms with van der Waals surface area (Å²) in [5, 5.41) is 2.78. The van der Waals surface area contributed by atoms with Gasteiger partial charge in [-0.2, -0.15) is 4.31 Å². The first-order valence-corrected chi connectivity index (χ1v) is 12.2. The second-order valence-corrected chi connectivity index (χ2v) is 9.79. The van der Waals surface area contributed by atoms with Crippen LogP contribution in [0.1, 0.15) is 18.4 Å². The molecule has 9 heteroatoms. The van der Waals surface area contributed by atoms with Crippen LogP contribution >= 0.6 is 11.8 Å². The van der Waals surface area contributed by atoms with E-state index in [4.69, 9.17) is 9.47 Å². The number of ether oxygens (including phenoxy) is 2. The summed E-state index contributed by atoms with van der Waals surface area (Å²) in [7, 11) is -0.467. The van der Waals surface area contributed by atoms with Crippen LogP contribution in [0.2, 0.25) is 0 Å². The zero-order valence-electron chi connectivity index (χ0n) is 17.1. The number of sulfonamides is 1. The standard InChI is InChI=1S/C21H26N2O5S2/c1-27-17-7-5-16(6-8-17)14-29-15-21(24)22-19-13-18(9-10-20(19)28-2)30(25,26)23-11-3-4-12-23/h5-10,13H,3-4,11-12,14-15H2,1-2H3,(H,22,24). The first-order chi connectivity index (χ1) is 14.4. The quantitative estimate of drug-likeness (QED) is 0.631. The second-order valence-electron chi connectivity index (χ2n) is 6.86. The van der Waals surface area contributed by atoms with Crippen LogP contribution in [0.25, 0.3) is 0 Å². The van der Waals surface area contributed by atoms with Crippen LogP contribution in [-0.4, -0.2) is 51.7 Å². The largest absolute Gasteiger partial charge is 0.497 e. The number of benzene rings is 2. The molecule has 1 aliphatic rings.